The average Bonchev–Trinajstić information content (AvgIpc) is 3.13. The van der Waals surface area contributed by atoms with Crippen LogP contribution < -0.4 is 5.46 Å². The van der Waals surface area contributed by atoms with Gasteiger partial charge in [0.2, 0.25) is 0 Å². The minimum absolute atomic E-state index is 0.143. The largest absolute Gasteiger partial charge is 0.493 e. The first kappa shape index (κ1) is 11.3. The van der Waals surface area contributed by atoms with Crippen molar-refractivity contribution in [2.75, 3.05) is 13.2 Å². The van der Waals surface area contributed by atoms with Crippen LogP contribution in [0, 0.1) is 5.41 Å². The summed E-state index contributed by atoms with van der Waals surface area (Å²) in [7, 11) is -0.170. The Bertz CT molecular complexity index is 385. The van der Waals surface area contributed by atoms with Gasteiger partial charge in [0.1, 0.15) is 0 Å². The highest BCUT2D eigenvalue weighted by Gasteiger charge is 2.33. The highest BCUT2D eigenvalue weighted by Crippen LogP contribution is 2.39. The molecule has 1 aromatic carbocycles. The summed E-state index contributed by atoms with van der Waals surface area (Å²) >= 11 is 0. The van der Waals surface area contributed by atoms with Crippen LogP contribution in [-0.4, -0.2) is 20.3 Å². The number of rotatable bonds is 2. The van der Waals surface area contributed by atoms with E-state index in [2.05, 4.69) is 38.1 Å². The van der Waals surface area contributed by atoms with Crippen LogP contribution in [0.2, 0.25) is 0 Å². The van der Waals surface area contributed by atoms with Gasteiger partial charge in [0.05, 0.1) is 0 Å². The molecular weight excluding hydrogens is 211 g/mol. The van der Waals surface area contributed by atoms with Crippen molar-refractivity contribution in [1.29, 1.82) is 0 Å². The quantitative estimate of drug-likeness (QED) is 0.726. The molecule has 0 spiro atoms. The van der Waals surface area contributed by atoms with Crippen LogP contribution in [0.3, 0.4) is 0 Å². The van der Waals surface area contributed by atoms with Gasteiger partial charge in [0, 0.05) is 18.6 Å². The molecule has 0 radical (unpaired) electrons. The van der Waals surface area contributed by atoms with E-state index < -0.39 is 0 Å². The standard InChI is InChI=1S/C14H19BO2/c1-14(2)9-16-15(17-10-14)13-7-5-12(6-8-13)11-3-4-11/h5-8,11H,3-4,9-10H2,1-2H3. The molecule has 3 heteroatoms. The van der Waals surface area contributed by atoms with E-state index >= 15 is 0 Å². The summed E-state index contributed by atoms with van der Waals surface area (Å²) in [5.41, 5.74) is 2.75. The van der Waals surface area contributed by atoms with E-state index in [9.17, 15) is 0 Å². The van der Waals surface area contributed by atoms with Crippen LogP contribution in [0.5, 0.6) is 0 Å². The van der Waals surface area contributed by atoms with Gasteiger partial charge in [-0.05, 0) is 29.8 Å². The minimum atomic E-state index is -0.170. The van der Waals surface area contributed by atoms with Crippen LogP contribution in [0.1, 0.15) is 38.2 Å². The molecule has 0 N–H and O–H groups in total. The van der Waals surface area contributed by atoms with Gasteiger partial charge in [-0.1, -0.05) is 38.1 Å². The predicted octanol–water partition coefficient (Wildman–Crippen LogP) is 2.33. The van der Waals surface area contributed by atoms with Crippen molar-refractivity contribution in [1.82, 2.24) is 0 Å². The Morgan fingerprint density at radius 2 is 1.65 bits per heavy atom. The molecule has 0 amide bonds. The molecule has 0 unspecified atom stereocenters. The Morgan fingerprint density at radius 3 is 2.18 bits per heavy atom. The zero-order chi connectivity index (χ0) is 11.9. The third-order valence-corrected chi connectivity index (χ3v) is 3.51. The maximum Gasteiger partial charge on any atom is 0.493 e. The van der Waals surface area contributed by atoms with E-state index in [4.69, 9.17) is 9.31 Å². The van der Waals surface area contributed by atoms with Crippen LogP contribution in [-0.2, 0) is 9.31 Å². The smallest absolute Gasteiger partial charge is 0.407 e. The van der Waals surface area contributed by atoms with Gasteiger partial charge in [-0.15, -0.1) is 0 Å². The first-order valence-electron chi connectivity index (χ1n) is 6.47. The van der Waals surface area contributed by atoms with Crippen LogP contribution in [0.4, 0.5) is 0 Å². The van der Waals surface area contributed by atoms with Crippen molar-refractivity contribution in [2.45, 2.75) is 32.6 Å². The monoisotopic (exact) mass is 230 g/mol. The van der Waals surface area contributed by atoms with Crippen LogP contribution in [0.15, 0.2) is 24.3 Å². The number of hydrogen-bond donors (Lipinski definition) is 0. The van der Waals surface area contributed by atoms with Gasteiger partial charge in [-0.3, -0.25) is 0 Å². The Kier molecular flexibility index (Phi) is 2.76. The highest BCUT2D eigenvalue weighted by molar-refractivity contribution is 6.61. The Labute approximate surface area is 103 Å². The lowest BCUT2D eigenvalue weighted by Crippen LogP contribution is -2.47. The summed E-state index contributed by atoms with van der Waals surface area (Å²) in [5, 5.41) is 0. The molecule has 1 saturated heterocycles. The predicted molar refractivity (Wildman–Crippen MR) is 69.5 cm³/mol. The summed E-state index contributed by atoms with van der Waals surface area (Å²) in [5.74, 6) is 0.816. The van der Waals surface area contributed by atoms with Gasteiger partial charge in [-0.2, -0.15) is 0 Å². The molecule has 2 nitrogen and oxygen atoms in total. The van der Waals surface area contributed by atoms with Crippen molar-refractivity contribution in [3.63, 3.8) is 0 Å². The third-order valence-electron chi connectivity index (χ3n) is 3.51. The lowest BCUT2D eigenvalue weighted by Gasteiger charge is -2.33. The first-order chi connectivity index (χ1) is 8.14. The molecule has 17 heavy (non-hydrogen) atoms. The molecule has 1 aromatic rings. The fraction of sp³-hybridized carbons (Fsp3) is 0.571. The second-order valence-corrected chi connectivity index (χ2v) is 6.06. The fourth-order valence-electron chi connectivity index (χ4n) is 2.23. The van der Waals surface area contributed by atoms with E-state index in [0.29, 0.717) is 0 Å². The first-order valence-corrected chi connectivity index (χ1v) is 6.47. The van der Waals surface area contributed by atoms with E-state index in [-0.39, 0.29) is 12.5 Å². The highest BCUT2D eigenvalue weighted by atomic mass is 16.6. The summed E-state index contributed by atoms with van der Waals surface area (Å²) in [6, 6.07) is 8.74. The molecule has 2 aliphatic rings. The van der Waals surface area contributed by atoms with Crippen molar-refractivity contribution >= 4 is 12.6 Å². The van der Waals surface area contributed by atoms with Gasteiger partial charge < -0.3 is 9.31 Å². The molecule has 0 atom stereocenters. The number of hydrogen-bond acceptors (Lipinski definition) is 2. The lowest BCUT2D eigenvalue weighted by molar-refractivity contribution is 0.0343. The Hall–Kier alpha value is -0.795. The molecule has 1 saturated carbocycles. The van der Waals surface area contributed by atoms with Gasteiger partial charge in [0.25, 0.3) is 0 Å². The number of benzene rings is 1. The van der Waals surface area contributed by atoms with E-state index in [1.807, 2.05) is 0 Å². The van der Waals surface area contributed by atoms with E-state index in [1.54, 1.807) is 0 Å². The summed E-state index contributed by atoms with van der Waals surface area (Å²) in [6.45, 7) is 5.86. The molecule has 90 valence electrons. The molecule has 1 heterocycles. The fourth-order valence-corrected chi connectivity index (χ4v) is 2.23. The Balaban J connectivity index is 1.68. The molecule has 3 rings (SSSR count). The maximum absolute atomic E-state index is 5.77. The van der Waals surface area contributed by atoms with Crippen molar-refractivity contribution in [2.24, 2.45) is 5.41 Å². The lowest BCUT2D eigenvalue weighted by atomic mass is 9.75. The summed E-state index contributed by atoms with van der Waals surface area (Å²) in [6.07, 6.45) is 2.70. The zero-order valence-electron chi connectivity index (χ0n) is 10.6. The maximum atomic E-state index is 5.77. The zero-order valence-corrected chi connectivity index (χ0v) is 10.6. The Morgan fingerprint density at radius 1 is 1.06 bits per heavy atom. The second-order valence-electron chi connectivity index (χ2n) is 6.06. The summed E-state index contributed by atoms with van der Waals surface area (Å²) in [4.78, 5) is 0. The van der Waals surface area contributed by atoms with Crippen molar-refractivity contribution < 1.29 is 9.31 Å². The van der Waals surface area contributed by atoms with Gasteiger partial charge in [-0.25, -0.2) is 0 Å². The second kappa shape index (κ2) is 4.15. The molecule has 0 aromatic heterocycles. The topological polar surface area (TPSA) is 18.5 Å². The van der Waals surface area contributed by atoms with E-state index in [1.165, 1.54) is 18.4 Å². The van der Waals surface area contributed by atoms with Crippen molar-refractivity contribution in [3.05, 3.63) is 29.8 Å². The third kappa shape index (κ3) is 2.56. The molecule has 2 fully saturated rings. The molecular formula is C14H19BO2. The SMILES string of the molecule is CC1(C)COB(c2ccc(C3CC3)cc2)OC1. The minimum Gasteiger partial charge on any atom is -0.407 e. The molecule has 1 aliphatic carbocycles. The molecule has 1 aliphatic heterocycles. The van der Waals surface area contributed by atoms with Crippen molar-refractivity contribution in [3.8, 4) is 0 Å². The van der Waals surface area contributed by atoms with Crippen LogP contribution in [0.25, 0.3) is 0 Å². The normalized spacial score (nSPS) is 23.8. The summed E-state index contributed by atoms with van der Waals surface area (Å²) < 4.78 is 11.5. The van der Waals surface area contributed by atoms with Gasteiger partial charge >= 0.3 is 7.12 Å². The van der Waals surface area contributed by atoms with Gasteiger partial charge in [0.15, 0.2) is 0 Å². The van der Waals surface area contributed by atoms with Crippen LogP contribution >= 0.6 is 0 Å². The van der Waals surface area contributed by atoms with E-state index in [0.717, 1.165) is 24.6 Å². The molecule has 0 bridgehead atoms. The average molecular weight is 230 g/mol.